The van der Waals surface area contributed by atoms with E-state index in [4.69, 9.17) is 0 Å². The maximum Gasteiger partial charge on any atom is 0.166 e. The summed E-state index contributed by atoms with van der Waals surface area (Å²) in [7, 11) is 0. The number of aryl methyl sites for hydroxylation is 1. The van der Waals surface area contributed by atoms with Crippen molar-refractivity contribution in [2.45, 2.75) is 77.6 Å². The Labute approximate surface area is 214 Å². The summed E-state index contributed by atoms with van der Waals surface area (Å²) in [5.41, 5.74) is 3.76. The van der Waals surface area contributed by atoms with Crippen molar-refractivity contribution in [3.05, 3.63) is 95.3 Å². The summed E-state index contributed by atoms with van der Waals surface area (Å²) in [5.74, 6) is -0.808. The van der Waals surface area contributed by atoms with Gasteiger partial charge in [0.1, 0.15) is 5.82 Å². The van der Waals surface area contributed by atoms with Crippen LogP contribution in [0.15, 0.2) is 66.7 Å². The van der Waals surface area contributed by atoms with E-state index in [1.54, 1.807) is 30.3 Å². The van der Waals surface area contributed by atoms with E-state index >= 15 is 4.39 Å². The summed E-state index contributed by atoms with van der Waals surface area (Å²) in [5, 5.41) is 0. The number of hydrogen-bond donors (Lipinski definition) is 0. The summed E-state index contributed by atoms with van der Waals surface area (Å²) in [4.78, 5) is 0. The van der Waals surface area contributed by atoms with Crippen LogP contribution in [-0.4, -0.2) is 0 Å². The van der Waals surface area contributed by atoms with E-state index in [9.17, 15) is 8.78 Å². The molecule has 1 aliphatic carbocycles. The van der Waals surface area contributed by atoms with Gasteiger partial charge in [-0.25, -0.2) is 13.2 Å². The van der Waals surface area contributed by atoms with Gasteiger partial charge in [-0.2, -0.15) is 0 Å². The minimum absolute atomic E-state index is 0.159. The molecule has 0 spiro atoms. The Hall–Kier alpha value is -2.81. The summed E-state index contributed by atoms with van der Waals surface area (Å²) >= 11 is 0. The number of benzene rings is 3. The first-order chi connectivity index (χ1) is 17.5. The highest BCUT2D eigenvalue weighted by Crippen LogP contribution is 2.38. The Bertz CT molecular complexity index is 1170. The highest BCUT2D eigenvalue weighted by atomic mass is 19.2. The van der Waals surface area contributed by atoms with Gasteiger partial charge in [0.15, 0.2) is 11.6 Å². The van der Waals surface area contributed by atoms with E-state index in [0.717, 1.165) is 68.1 Å². The highest BCUT2D eigenvalue weighted by molar-refractivity contribution is 5.71. The van der Waals surface area contributed by atoms with E-state index in [1.807, 2.05) is 24.3 Å². The molecule has 0 heterocycles. The van der Waals surface area contributed by atoms with Crippen molar-refractivity contribution in [2.75, 3.05) is 0 Å². The molecule has 3 aromatic rings. The summed E-state index contributed by atoms with van der Waals surface area (Å²) in [6.45, 7) is 4.18. The van der Waals surface area contributed by atoms with Crippen LogP contribution in [-0.2, 0) is 6.42 Å². The molecule has 0 amide bonds. The van der Waals surface area contributed by atoms with Gasteiger partial charge >= 0.3 is 0 Å². The van der Waals surface area contributed by atoms with E-state index in [0.29, 0.717) is 23.5 Å². The van der Waals surface area contributed by atoms with Crippen molar-refractivity contribution in [2.24, 2.45) is 5.92 Å². The van der Waals surface area contributed by atoms with Crippen LogP contribution in [0.4, 0.5) is 13.2 Å². The fourth-order valence-electron chi connectivity index (χ4n) is 5.52. The van der Waals surface area contributed by atoms with E-state index < -0.39 is 11.6 Å². The second kappa shape index (κ2) is 12.4. The Kier molecular flexibility index (Phi) is 9.07. The molecule has 36 heavy (non-hydrogen) atoms. The van der Waals surface area contributed by atoms with Crippen molar-refractivity contribution in [3.8, 4) is 22.3 Å². The van der Waals surface area contributed by atoms with Gasteiger partial charge in [0.2, 0.25) is 0 Å². The van der Waals surface area contributed by atoms with Gasteiger partial charge in [0, 0.05) is 5.56 Å². The third-order valence-corrected chi connectivity index (χ3v) is 7.67. The molecule has 0 N–H and O–H groups in total. The smallest absolute Gasteiger partial charge is 0.166 e. The Morgan fingerprint density at radius 3 is 2.11 bits per heavy atom. The molecule has 190 valence electrons. The molecule has 0 aromatic heterocycles. The number of unbranched alkanes of at least 4 members (excludes halogenated alkanes) is 3. The van der Waals surface area contributed by atoms with Crippen LogP contribution in [0.1, 0.15) is 82.3 Å². The summed E-state index contributed by atoms with van der Waals surface area (Å²) < 4.78 is 44.6. The standard InChI is InChI=1S/C33H37F3/c1-3-5-6-7-9-27-18-21-30(33(36)32(27)35)26-16-14-24(15-17-26)28-19-20-29(31(34)22-28)25-12-10-23(8-4-2)11-13-25/h4,8,14-23,25H,3,5-7,9-13H2,1-2H3. The average molecular weight is 491 g/mol. The zero-order valence-electron chi connectivity index (χ0n) is 21.5. The fraction of sp³-hybridized carbons (Fsp3) is 0.394. The lowest BCUT2D eigenvalue weighted by molar-refractivity contribution is 0.368. The van der Waals surface area contributed by atoms with Gasteiger partial charge in [0.05, 0.1) is 0 Å². The van der Waals surface area contributed by atoms with E-state index in [1.165, 1.54) is 0 Å². The van der Waals surface area contributed by atoms with Gasteiger partial charge in [0.25, 0.3) is 0 Å². The maximum absolute atomic E-state index is 15.1. The molecule has 1 fully saturated rings. The Balaban J connectivity index is 1.46. The van der Waals surface area contributed by atoms with Crippen molar-refractivity contribution in [3.63, 3.8) is 0 Å². The SMILES string of the molecule is CC=CC1CCC(c2ccc(-c3ccc(-c4ccc(CCCCCC)c(F)c4F)cc3)cc2F)CC1. The first kappa shape index (κ1) is 26.3. The Morgan fingerprint density at radius 2 is 1.44 bits per heavy atom. The minimum Gasteiger partial charge on any atom is -0.207 e. The second-order valence-electron chi connectivity index (χ2n) is 10.2. The van der Waals surface area contributed by atoms with Crippen molar-refractivity contribution in [1.29, 1.82) is 0 Å². The zero-order valence-corrected chi connectivity index (χ0v) is 21.5. The van der Waals surface area contributed by atoms with E-state index in [2.05, 4.69) is 26.0 Å². The molecule has 0 nitrogen and oxygen atoms in total. The normalized spacial score (nSPS) is 18.1. The predicted octanol–water partition coefficient (Wildman–Crippen LogP) is 10.4. The number of allylic oxidation sites excluding steroid dienone is 2. The molecule has 1 aliphatic rings. The largest absolute Gasteiger partial charge is 0.207 e. The van der Waals surface area contributed by atoms with Crippen LogP contribution < -0.4 is 0 Å². The predicted molar refractivity (Wildman–Crippen MR) is 145 cm³/mol. The molecule has 4 rings (SSSR count). The summed E-state index contributed by atoms with van der Waals surface area (Å²) in [6.07, 6.45) is 13.3. The van der Waals surface area contributed by atoms with Gasteiger partial charge in [-0.05, 0) is 91.2 Å². The van der Waals surface area contributed by atoms with Crippen LogP contribution in [0.25, 0.3) is 22.3 Å². The quantitative estimate of drug-likeness (QED) is 0.207. The van der Waals surface area contributed by atoms with Crippen LogP contribution in [0.3, 0.4) is 0 Å². The lowest BCUT2D eigenvalue weighted by atomic mass is 9.78. The monoisotopic (exact) mass is 490 g/mol. The number of halogens is 3. The van der Waals surface area contributed by atoms with Crippen LogP contribution in [0.5, 0.6) is 0 Å². The van der Waals surface area contributed by atoms with Gasteiger partial charge in [-0.3, -0.25) is 0 Å². The Morgan fingerprint density at radius 1 is 0.750 bits per heavy atom. The topological polar surface area (TPSA) is 0 Å². The fourth-order valence-corrected chi connectivity index (χ4v) is 5.52. The van der Waals surface area contributed by atoms with Crippen LogP contribution >= 0.6 is 0 Å². The van der Waals surface area contributed by atoms with Crippen molar-refractivity contribution < 1.29 is 13.2 Å². The third-order valence-electron chi connectivity index (χ3n) is 7.67. The van der Waals surface area contributed by atoms with Crippen LogP contribution in [0.2, 0.25) is 0 Å². The molecule has 0 bridgehead atoms. The molecule has 3 heteroatoms. The molecule has 0 radical (unpaired) electrons. The van der Waals surface area contributed by atoms with Gasteiger partial charge < -0.3 is 0 Å². The van der Waals surface area contributed by atoms with Gasteiger partial charge in [-0.15, -0.1) is 0 Å². The maximum atomic E-state index is 15.1. The second-order valence-corrected chi connectivity index (χ2v) is 10.2. The molecule has 0 aliphatic heterocycles. The highest BCUT2D eigenvalue weighted by Gasteiger charge is 2.23. The van der Waals surface area contributed by atoms with Crippen molar-refractivity contribution in [1.82, 2.24) is 0 Å². The summed E-state index contributed by atoms with van der Waals surface area (Å²) in [6, 6.07) is 16.1. The van der Waals surface area contributed by atoms with Gasteiger partial charge in [-0.1, -0.05) is 86.9 Å². The molecule has 0 saturated heterocycles. The first-order valence-electron chi connectivity index (χ1n) is 13.5. The average Bonchev–Trinajstić information content (AvgIpc) is 2.90. The molecular weight excluding hydrogens is 453 g/mol. The molecule has 0 unspecified atom stereocenters. The molecule has 1 saturated carbocycles. The number of rotatable bonds is 9. The lowest BCUT2D eigenvalue weighted by Gasteiger charge is -2.27. The molecule has 0 atom stereocenters. The van der Waals surface area contributed by atoms with E-state index in [-0.39, 0.29) is 17.3 Å². The number of hydrogen-bond acceptors (Lipinski definition) is 0. The zero-order chi connectivity index (χ0) is 25.5. The molecule has 3 aromatic carbocycles. The minimum atomic E-state index is -0.796. The van der Waals surface area contributed by atoms with Crippen LogP contribution in [0, 0.1) is 23.4 Å². The lowest BCUT2D eigenvalue weighted by Crippen LogP contribution is -2.12. The first-order valence-corrected chi connectivity index (χ1v) is 13.5. The molecular formula is C33H37F3. The third kappa shape index (κ3) is 6.11. The van der Waals surface area contributed by atoms with Crippen molar-refractivity contribution >= 4 is 0 Å².